The molecule has 0 saturated carbocycles. The molecule has 1 heterocycles. The van der Waals surface area contributed by atoms with E-state index in [0.29, 0.717) is 19.5 Å². The van der Waals surface area contributed by atoms with E-state index in [0.717, 1.165) is 19.4 Å². The summed E-state index contributed by atoms with van der Waals surface area (Å²) in [5, 5.41) is 2.05. The number of nitrogens with zero attached hydrogens (tertiary/aromatic N) is 1. The zero-order valence-electron chi connectivity index (χ0n) is 12.6. The molecule has 0 aliphatic heterocycles. The number of amides is 1. The SMILES string of the molecule is Cl.NCCN(CCc1ccccc1)C(=O)CCc1cccs1. The molecule has 0 atom stereocenters. The van der Waals surface area contributed by atoms with Crippen molar-refractivity contribution in [3.63, 3.8) is 0 Å². The van der Waals surface area contributed by atoms with Gasteiger partial charge in [0.2, 0.25) is 5.91 Å². The molecular formula is C17H23ClN2OS. The lowest BCUT2D eigenvalue weighted by atomic mass is 10.1. The Kier molecular flexibility index (Phi) is 8.82. The van der Waals surface area contributed by atoms with Crippen LogP contribution in [0.2, 0.25) is 0 Å². The quantitative estimate of drug-likeness (QED) is 0.803. The first-order valence-corrected chi connectivity index (χ1v) is 8.21. The third-order valence-electron chi connectivity index (χ3n) is 3.43. The van der Waals surface area contributed by atoms with Crippen LogP contribution < -0.4 is 5.73 Å². The summed E-state index contributed by atoms with van der Waals surface area (Å²) in [6, 6.07) is 14.4. The second-order valence-corrected chi connectivity index (χ2v) is 6.02. The maximum Gasteiger partial charge on any atom is 0.222 e. The van der Waals surface area contributed by atoms with Gasteiger partial charge in [-0.25, -0.2) is 0 Å². The van der Waals surface area contributed by atoms with Crippen LogP contribution in [0.4, 0.5) is 0 Å². The van der Waals surface area contributed by atoms with Crippen molar-refractivity contribution in [3.8, 4) is 0 Å². The van der Waals surface area contributed by atoms with Crippen molar-refractivity contribution in [2.45, 2.75) is 19.3 Å². The van der Waals surface area contributed by atoms with Crippen LogP contribution in [0.5, 0.6) is 0 Å². The Morgan fingerprint density at radius 1 is 1.05 bits per heavy atom. The standard InChI is InChI=1S/C17H22N2OS.ClH/c18-11-13-19(12-10-15-5-2-1-3-6-15)17(20)9-8-16-7-4-14-21-16;/h1-7,14H,8-13,18H2;1H. The number of hydrogen-bond donors (Lipinski definition) is 1. The average Bonchev–Trinajstić information content (AvgIpc) is 3.03. The first kappa shape index (κ1) is 18.7. The number of benzene rings is 1. The minimum Gasteiger partial charge on any atom is -0.341 e. The van der Waals surface area contributed by atoms with E-state index in [-0.39, 0.29) is 18.3 Å². The largest absolute Gasteiger partial charge is 0.341 e. The molecule has 2 aromatic rings. The Balaban J connectivity index is 0.00000242. The van der Waals surface area contributed by atoms with Crippen molar-refractivity contribution in [1.29, 1.82) is 0 Å². The fourth-order valence-corrected chi connectivity index (χ4v) is 2.98. The number of thiophene rings is 1. The number of hydrogen-bond acceptors (Lipinski definition) is 3. The number of carbonyl (C=O) groups excluding carboxylic acids is 1. The van der Waals surface area contributed by atoms with Crippen LogP contribution in [-0.2, 0) is 17.6 Å². The fourth-order valence-electron chi connectivity index (χ4n) is 2.27. The molecule has 3 nitrogen and oxygen atoms in total. The van der Waals surface area contributed by atoms with Gasteiger partial charge in [-0.15, -0.1) is 23.7 Å². The lowest BCUT2D eigenvalue weighted by molar-refractivity contribution is -0.131. The van der Waals surface area contributed by atoms with E-state index in [4.69, 9.17) is 5.73 Å². The second kappa shape index (κ2) is 10.4. The van der Waals surface area contributed by atoms with Gasteiger partial charge in [-0.3, -0.25) is 4.79 Å². The summed E-state index contributed by atoms with van der Waals surface area (Å²) in [5.74, 6) is 0.199. The Bertz CT molecular complexity index is 531. The molecule has 2 N–H and O–H groups in total. The second-order valence-electron chi connectivity index (χ2n) is 4.98. The number of aryl methyl sites for hydroxylation is 1. The first-order chi connectivity index (χ1) is 10.3. The van der Waals surface area contributed by atoms with Crippen molar-refractivity contribution in [1.82, 2.24) is 4.90 Å². The smallest absolute Gasteiger partial charge is 0.222 e. The fraction of sp³-hybridized carbons (Fsp3) is 0.353. The van der Waals surface area contributed by atoms with Crippen molar-refractivity contribution in [3.05, 3.63) is 58.3 Å². The van der Waals surface area contributed by atoms with E-state index in [2.05, 4.69) is 18.2 Å². The van der Waals surface area contributed by atoms with E-state index in [1.165, 1.54) is 10.4 Å². The summed E-state index contributed by atoms with van der Waals surface area (Å²) in [7, 11) is 0. The van der Waals surface area contributed by atoms with E-state index >= 15 is 0 Å². The van der Waals surface area contributed by atoms with Crippen molar-refractivity contribution in [2.75, 3.05) is 19.6 Å². The summed E-state index contributed by atoms with van der Waals surface area (Å²) < 4.78 is 0. The molecule has 5 heteroatoms. The van der Waals surface area contributed by atoms with Crippen LogP contribution in [0.25, 0.3) is 0 Å². The molecule has 0 bridgehead atoms. The maximum atomic E-state index is 12.3. The van der Waals surface area contributed by atoms with Gasteiger partial charge in [0, 0.05) is 30.9 Å². The molecule has 2 rings (SSSR count). The molecule has 0 saturated heterocycles. The van der Waals surface area contributed by atoms with Crippen LogP contribution in [-0.4, -0.2) is 30.4 Å². The van der Waals surface area contributed by atoms with Gasteiger partial charge in [0.1, 0.15) is 0 Å². The Labute approximate surface area is 142 Å². The van der Waals surface area contributed by atoms with Gasteiger partial charge < -0.3 is 10.6 Å². The highest BCUT2D eigenvalue weighted by Crippen LogP contribution is 2.12. The zero-order valence-corrected chi connectivity index (χ0v) is 14.2. The van der Waals surface area contributed by atoms with Gasteiger partial charge in [-0.05, 0) is 29.9 Å². The molecule has 0 unspecified atom stereocenters. The zero-order chi connectivity index (χ0) is 14.9. The van der Waals surface area contributed by atoms with Crippen LogP contribution >= 0.6 is 23.7 Å². The monoisotopic (exact) mass is 338 g/mol. The van der Waals surface area contributed by atoms with E-state index in [1.807, 2.05) is 34.5 Å². The van der Waals surface area contributed by atoms with Gasteiger partial charge in [0.05, 0.1) is 0 Å². The van der Waals surface area contributed by atoms with Crippen molar-refractivity contribution < 1.29 is 4.79 Å². The first-order valence-electron chi connectivity index (χ1n) is 7.33. The van der Waals surface area contributed by atoms with Crippen LogP contribution in [0.15, 0.2) is 47.8 Å². The molecule has 0 radical (unpaired) electrons. The Morgan fingerprint density at radius 2 is 1.82 bits per heavy atom. The van der Waals surface area contributed by atoms with Gasteiger partial charge >= 0.3 is 0 Å². The molecule has 1 aromatic heterocycles. The molecule has 1 amide bonds. The third-order valence-corrected chi connectivity index (χ3v) is 4.37. The molecule has 1 aromatic carbocycles. The normalized spacial score (nSPS) is 10.0. The molecule has 22 heavy (non-hydrogen) atoms. The Hall–Kier alpha value is -1.36. The van der Waals surface area contributed by atoms with Gasteiger partial charge in [-0.1, -0.05) is 36.4 Å². The maximum absolute atomic E-state index is 12.3. The highest BCUT2D eigenvalue weighted by atomic mass is 35.5. The van der Waals surface area contributed by atoms with Gasteiger partial charge in [0.15, 0.2) is 0 Å². The number of rotatable bonds is 8. The highest BCUT2D eigenvalue weighted by Gasteiger charge is 2.12. The minimum atomic E-state index is 0. The lowest BCUT2D eigenvalue weighted by Gasteiger charge is -2.22. The predicted molar refractivity (Wildman–Crippen MR) is 95.7 cm³/mol. The lowest BCUT2D eigenvalue weighted by Crippen LogP contribution is -2.37. The highest BCUT2D eigenvalue weighted by molar-refractivity contribution is 7.09. The molecule has 0 fully saturated rings. The summed E-state index contributed by atoms with van der Waals surface area (Å²) >= 11 is 1.70. The van der Waals surface area contributed by atoms with Crippen molar-refractivity contribution in [2.24, 2.45) is 5.73 Å². The van der Waals surface area contributed by atoms with Crippen molar-refractivity contribution >= 4 is 29.7 Å². The molecule has 120 valence electrons. The summed E-state index contributed by atoms with van der Waals surface area (Å²) in [6.07, 6.45) is 2.27. The number of nitrogens with two attached hydrogens (primary N) is 1. The molecule has 0 aliphatic rings. The topological polar surface area (TPSA) is 46.3 Å². The molecule has 0 spiro atoms. The Morgan fingerprint density at radius 3 is 2.45 bits per heavy atom. The number of carbonyl (C=O) groups is 1. The summed E-state index contributed by atoms with van der Waals surface area (Å²) in [6.45, 7) is 1.89. The summed E-state index contributed by atoms with van der Waals surface area (Å²) in [5.41, 5.74) is 6.89. The third kappa shape index (κ3) is 6.18. The molecular weight excluding hydrogens is 316 g/mol. The van der Waals surface area contributed by atoms with Gasteiger partial charge in [-0.2, -0.15) is 0 Å². The van der Waals surface area contributed by atoms with Crippen LogP contribution in [0.1, 0.15) is 16.9 Å². The van der Waals surface area contributed by atoms with Crippen LogP contribution in [0.3, 0.4) is 0 Å². The van der Waals surface area contributed by atoms with Gasteiger partial charge in [0.25, 0.3) is 0 Å². The van der Waals surface area contributed by atoms with E-state index < -0.39 is 0 Å². The predicted octanol–water partition coefficient (Wildman–Crippen LogP) is 3.13. The van der Waals surface area contributed by atoms with E-state index in [9.17, 15) is 4.79 Å². The molecule has 0 aliphatic carbocycles. The average molecular weight is 339 g/mol. The summed E-state index contributed by atoms with van der Waals surface area (Å²) in [4.78, 5) is 15.5. The minimum absolute atomic E-state index is 0. The van der Waals surface area contributed by atoms with E-state index in [1.54, 1.807) is 11.3 Å². The number of halogens is 1. The van der Waals surface area contributed by atoms with Crippen LogP contribution in [0, 0.1) is 0 Å².